The molecular weight excluding hydrogens is 297 g/mol. The molecule has 1 heterocycles. The lowest BCUT2D eigenvalue weighted by molar-refractivity contribution is -0.137. The van der Waals surface area contributed by atoms with E-state index in [1.165, 1.54) is 29.2 Å². The number of alkyl halides is 3. The molecule has 116 valence electrons. The van der Waals surface area contributed by atoms with Crippen molar-refractivity contribution < 1.29 is 18.0 Å². The number of halogens is 3. The van der Waals surface area contributed by atoms with Gasteiger partial charge in [0.1, 0.15) is 0 Å². The van der Waals surface area contributed by atoms with Crippen molar-refractivity contribution in [2.45, 2.75) is 24.6 Å². The lowest BCUT2D eigenvalue weighted by Crippen LogP contribution is -2.37. The predicted octanol–water partition coefficient (Wildman–Crippen LogP) is 2.32. The zero-order chi connectivity index (χ0) is 16.0. The standard InChI is InChI=1S/C14H13F3N4O/c15-14(16,17)9-2-1-3-11(6-9)21-8-10(7-19-21)20-12(22)13(18)4-5-13/h1-3,6-8H,4-5,18H2,(H,20,22). The summed E-state index contributed by atoms with van der Waals surface area (Å²) < 4.78 is 39.4. The van der Waals surface area contributed by atoms with Gasteiger partial charge in [0.05, 0.1) is 34.9 Å². The highest BCUT2D eigenvalue weighted by molar-refractivity contribution is 5.99. The molecule has 1 aliphatic rings. The molecule has 1 saturated carbocycles. The SMILES string of the molecule is NC1(C(=O)Nc2cnn(-c3cccc(C(F)(F)F)c3)c2)CC1. The second kappa shape index (κ2) is 4.84. The summed E-state index contributed by atoms with van der Waals surface area (Å²) in [6, 6.07) is 4.78. The predicted molar refractivity (Wildman–Crippen MR) is 73.3 cm³/mol. The summed E-state index contributed by atoms with van der Waals surface area (Å²) in [7, 11) is 0. The average Bonchev–Trinajstić information content (AvgIpc) is 3.05. The van der Waals surface area contributed by atoms with Crippen molar-refractivity contribution >= 4 is 11.6 Å². The van der Waals surface area contributed by atoms with Crippen molar-refractivity contribution in [2.24, 2.45) is 5.73 Å². The maximum Gasteiger partial charge on any atom is 0.416 e. The molecule has 5 nitrogen and oxygen atoms in total. The first-order valence-electron chi connectivity index (χ1n) is 6.61. The van der Waals surface area contributed by atoms with Crippen LogP contribution in [-0.2, 0) is 11.0 Å². The molecule has 0 bridgehead atoms. The summed E-state index contributed by atoms with van der Waals surface area (Å²) >= 11 is 0. The lowest BCUT2D eigenvalue weighted by Gasteiger charge is -2.09. The van der Waals surface area contributed by atoms with Gasteiger partial charge in [-0.3, -0.25) is 4.79 Å². The number of benzene rings is 1. The quantitative estimate of drug-likeness (QED) is 0.914. The van der Waals surface area contributed by atoms with Crippen molar-refractivity contribution in [2.75, 3.05) is 5.32 Å². The Kier molecular flexibility index (Phi) is 3.21. The summed E-state index contributed by atoms with van der Waals surface area (Å²) in [5.74, 6) is -0.309. The highest BCUT2D eigenvalue weighted by atomic mass is 19.4. The average molecular weight is 310 g/mol. The van der Waals surface area contributed by atoms with E-state index in [-0.39, 0.29) is 11.6 Å². The molecule has 1 aromatic heterocycles. The number of nitrogens with one attached hydrogen (secondary N) is 1. The number of nitrogens with two attached hydrogens (primary N) is 1. The van der Waals surface area contributed by atoms with Crippen LogP contribution in [0, 0.1) is 0 Å². The molecule has 8 heteroatoms. The van der Waals surface area contributed by atoms with Crippen molar-refractivity contribution in [3.05, 3.63) is 42.2 Å². The zero-order valence-electron chi connectivity index (χ0n) is 11.4. The van der Waals surface area contributed by atoms with Gasteiger partial charge < -0.3 is 11.1 Å². The van der Waals surface area contributed by atoms with Crippen LogP contribution in [0.2, 0.25) is 0 Å². The molecule has 1 amide bonds. The van der Waals surface area contributed by atoms with E-state index >= 15 is 0 Å². The summed E-state index contributed by atoms with van der Waals surface area (Å²) in [6.45, 7) is 0. The summed E-state index contributed by atoms with van der Waals surface area (Å²) in [4.78, 5) is 11.8. The molecule has 0 aliphatic heterocycles. The number of carbonyl (C=O) groups excluding carboxylic acids is 1. The highest BCUT2D eigenvalue weighted by Gasteiger charge is 2.46. The third-order valence-corrected chi connectivity index (χ3v) is 3.52. The number of hydrogen-bond acceptors (Lipinski definition) is 3. The van der Waals surface area contributed by atoms with Gasteiger partial charge in [-0.2, -0.15) is 18.3 Å². The van der Waals surface area contributed by atoms with E-state index in [2.05, 4.69) is 10.4 Å². The van der Waals surface area contributed by atoms with Gasteiger partial charge in [0.15, 0.2) is 0 Å². The Morgan fingerprint density at radius 2 is 2.09 bits per heavy atom. The summed E-state index contributed by atoms with van der Waals surface area (Å²) in [6.07, 6.45) is -0.359. The summed E-state index contributed by atoms with van der Waals surface area (Å²) in [5.41, 5.74) is 4.82. The minimum atomic E-state index is -4.42. The number of rotatable bonds is 3. The Morgan fingerprint density at radius 1 is 1.36 bits per heavy atom. The molecule has 0 atom stereocenters. The van der Waals surface area contributed by atoms with E-state index in [4.69, 9.17) is 5.73 Å². The second-order valence-corrected chi connectivity index (χ2v) is 5.33. The van der Waals surface area contributed by atoms with Crippen LogP contribution in [-0.4, -0.2) is 21.2 Å². The maximum absolute atomic E-state index is 12.7. The first-order valence-corrected chi connectivity index (χ1v) is 6.61. The van der Waals surface area contributed by atoms with Crippen LogP contribution in [0.5, 0.6) is 0 Å². The van der Waals surface area contributed by atoms with Crippen molar-refractivity contribution in [1.82, 2.24) is 9.78 Å². The number of hydrogen-bond donors (Lipinski definition) is 2. The van der Waals surface area contributed by atoms with Gasteiger partial charge in [0, 0.05) is 0 Å². The second-order valence-electron chi connectivity index (χ2n) is 5.33. The monoisotopic (exact) mass is 310 g/mol. The number of aromatic nitrogens is 2. The van der Waals surface area contributed by atoms with Gasteiger partial charge in [0.2, 0.25) is 5.91 Å². The fourth-order valence-corrected chi connectivity index (χ4v) is 1.97. The van der Waals surface area contributed by atoms with Crippen LogP contribution >= 0.6 is 0 Å². The van der Waals surface area contributed by atoms with Crippen molar-refractivity contribution in [3.8, 4) is 5.69 Å². The maximum atomic E-state index is 12.7. The van der Waals surface area contributed by atoms with E-state index < -0.39 is 17.3 Å². The molecule has 22 heavy (non-hydrogen) atoms. The Morgan fingerprint density at radius 3 is 2.73 bits per heavy atom. The first-order chi connectivity index (χ1) is 10.3. The highest BCUT2D eigenvalue weighted by Crippen LogP contribution is 2.33. The van der Waals surface area contributed by atoms with Gasteiger partial charge >= 0.3 is 6.18 Å². The largest absolute Gasteiger partial charge is 0.416 e. The molecular formula is C14H13F3N4O. The van der Waals surface area contributed by atoms with Crippen LogP contribution in [0.15, 0.2) is 36.7 Å². The van der Waals surface area contributed by atoms with Crippen LogP contribution in [0.4, 0.5) is 18.9 Å². The molecule has 3 N–H and O–H groups in total. The van der Waals surface area contributed by atoms with E-state index in [0.29, 0.717) is 18.5 Å². The van der Waals surface area contributed by atoms with E-state index in [1.807, 2.05) is 0 Å². The number of carbonyl (C=O) groups is 1. The minimum absolute atomic E-state index is 0.254. The molecule has 3 rings (SSSR count). The van der Waals surface area contributed by atoms with E-state index in [9.17, 15) is 18.0 Å². The molecule has 1 aromatic carbocycles. The Bertz CT molecular complexity index is 719. The fraction of sp³-hybridized carbons (Fsp3) is 0.286. The van der Waals surface area contributed by atoms with Crippen LogP contribution < -0.4 is 11.1 Å². The molecule has 2 aromatic rings. The lowest BCUT2D eigenvalue weighted by atomic mass is 10.2. The topological polar surface area (TPSA) is 72.9 Å². The first kappa shape index (κ1) is 14.6. The smallest absolute Gasteiger partial charge is 0.322 e. The normalized spacial score (nSPS) is 16.4. The molecule has 0 saturated heterocycles. The zero-order valence-corrected chi connectivity index (χ0v) is 11.4. The Balaban J connectivity index is 1.80. The molecule has 0 spiro atoms. The number of nitrogens with zero attached hydrogens (tertiary/aromatic N) is 2. The van der Waals surface area contributed by atoms with E-state index in [0.717, 1.165) is 12.1 Å². The number of amides is 1. The third kappa shape index (κ3) is 2.82. The minimum Gasteiger partial charge on any atom is -0.322 e. The van der Waals surface area contributed by atoms with Crippen molar-refractivity contribution in [3.63, 3.8) is 0 Å². The van der Waals surface area contributed by atoms with Crippen molar-refractivity contribution in [1.29, 1.82) is 0 Å². The Hall–Kier alpha value is -2.35. The molecule has 0 unspecified atom stereocenters. The number of anilines is 1. The van der Waals surface area contributed by atoms with Gasteiger partial charge in [-0.1, -0.05) is 6.07 Å². The van der Waals surface area contributed by atoms with Crippen LogP contribution in [0.25, 0.3) is 5.69 Å². The molecule has 1 aliphatic carbocycles. The third-order valence-electron chi connectivity index (χ3n) is 3.52. The van der Waals surface area contributed by atoms with Gasteiger partial charge in [-0.15, -0.1) is 0 Å². The van der Waals surface area contributed by atoms with Gasteiger partial charge in [0.25, 0.3) is 0 Å². The fourth-order valence-electron chi connectivity index (χ4n) is 1.97. The van der Waals surface area contributed by atoms with Gasteiger partial charge in [-0.05, 0) is 31.0 Å². The Labute approximate surface area is 123 Å². The van der Waals surface area contributed by atoms with Gasteiger partial charge in [-0.25, -0.2) is 4.68 Å². The van der Waals surface area contributed by atoms with E-state index in [1.54, 1.807) is 0 Å². The molecule has 0 radical (unpaired) electrons. The van der Waals surface area contributed by atoms with Crippen LogP contribution in [0.3, 0.4) is 0 Å². The molecule has 1 fully saturated rings. The van der Waals surface area contributed by atoms with Crippen LogP contribution in [0.1, 0.15) is 18.4 Å². The summed E-state index contributed by atoms with van der Waals surface area (Å²) in [5, 5.41) is 6.57.